The Kier molecular flexibility index (Phi) is 6.17. The lowest BCUT2D eigenvalue weighted by molar-refractivity contribution is 0.773. The Morgan fingerprint density at radius 1 is 1.00 bits per heavy atom. The van der Waals surface area contributed by atoms with Crippen molar-refractivity contribution in [1.29, 1.82) is 0 Å². The highest BCUT2D eigenvalue weighted by Crippen LogP contribution is 2.33. The van der Waals surface area contributed by atoms with Crippen LogP contribution in [-0.4, -0.2) is 29.5 Å². The van der Waals surface area contributed by atoms with Gasteiger partial charge in [0.2, 0.25) is 5.95 Å². The van der Waals surface area contributed by atoms with Gasteiger partial charge in [-0.15, -0.1) is 11.3 Å². The molecule has 192 valence electrons. The number of aromatic nitrogens is 6. The van der Waals surface area contributed by atoms with Gasteiger partial charge in [0.1, 0.15) is 5.82 Å². The van der Waals surface area contributed by atoms with E-state index in [-0.39, 0.29) is 17.5 Å². The number of rotatable bonds is 6. The molecule has 0 amide bonds. The third-order valence-electron chi connectivity index (χ3n) is 6.37. The maximum absolute atomic E-state index is 14.3. The van der Waals surface area contributed by atoms with Gasteiger partial charge in [-0.1, -0.05) is 36.4 Å². The number of nitrogens with zero attached hydrogens (tertiary/aromatic N) is 5. The van der Waals surface area contributed by atoms with Crippen LogP contribution in [0.3, 0.4) is 0 Å². The number of nitrogens with two attached hydrogens (primary N) is 1. The SMILES string of the molecule is C[C@H](Nc1nc(N)ncc1-c1cncs1)c1cc2cccc(-c3cnc(=O)[nH]c3)c2c(=O)n1-c1ccccc1. The van der Waals surface area contributed by atoms with Crippen LogP contribution in [0.25, 0.3) is 38.0 Å². The van der Waals surface area contributed by atoms with E-state index in [4.69, 9.17) is 5.73 Å². The Bertz CT molecular complexity index is 1900. The molecule has 0 unspecified atom stereocenters. The predicted octanol–water partition coefficient (Wildman–Crippen LogP) is 4.41. The van der Waals surface area contributed by atoms with Gasteiger partial charge in [0, 0.05) is 41.7 Å². The smallest absolute Gasteiger partial charge is 0.344 e. The van der Waals surface area contributed by atoms with Crippen LogP contribution in [0, 0.1) is 0 Å². The van der Waals surface area contributed by atoms with Gasteiger partial charge in [0.05, 0.1) is 27.4 Å². The number of nitrogen functional groups attached to an aromatic ring is 1. The molecule has 2 aromatic carbocycles. The Balaban J connectivity index is 1.55. The molecule has 4 heterocycles. The molecule has 0 bridgehead atoms. The summed E-state index contributed by atoms with van der Waals surface area (Å²) >= 11 is 1.47. The quantitative estimate of drug-likeness (QED) is 0.285. The van der Waals surface area contributed by atoms with Crippen molar-refractivity contribution in [3.05, 3.63) is 111 Å². The van der Waals surface area contributed by atoms with Gasteiger partial charge in [0.15, 0.2) is 0 Å². The van der Waals surface area contributed by atoms with Crippen LogP contribution in [0.1, 0.15) is 18.7 Å². The van der Waals surface area contributed by atoms with Crippen molar-refractivity contribution < 1.29 is 0 Å². The van der Waals surface area contributed by atoms with Crippen LogP contribution in [0.2, 0.25) is 0 Å². The van der Waals surface area contributed by atoms with Gasteiger partial charge in [-0.3, -0.25) is 14.3 Å². The zero-order valence-corrected chi connectivity index (χ0v) is 21.5. The van der Waals surface area contributed by atoms with Crippen LogP contribution < -0.4 is 22.3 Å². The monoisotopic (exact) mass is 534 g/mol. The van der Waals surface area contributed by atoms with E-state index in [0.29, 0.717) is 28.0 Å². The predicted molar refractivity (Wildman–Crippen MR) is 153 cm³/mol. The molecule has 0 aliphatic rings. The molecular weight excluding hydrogens is 512 g/mol. The number of H-pyrrole nitrogens is 1. The lowest BCUT2D eigenvalue weighted by Crippen LogP contribution is -2.26. The van der Waals surface area contributed by atoms with Crippen molar-refractivity contribution in [2.45, 2.75) is 13.0 Å². The maximum Gasteiger partial charge on any atom is 0.344 e. The van der Waals surface area contributed by atoms with Gasteiger partial charge >= 0.3 is 5.69 Å². The van der Waals surface area contributed by atoms with Crippen LogP contribution in [0.15, 0.2) is 94.5 Å². The summed E-state index contributed by atoms with van der Waals surface area (Å²) in [5, 5.41) is 4.72. The average Bonchev–Trinajstić information content (AvgIpc) is 3.48. The fourth-order valence-corrected chi connectivity index (χ4v) is 5.22. The zero-order valence-electron chi connectivity index (χ0n) is 20.7. The zero-order chi connectivity index (χ0) is 26.9. The second-order valence-corrected chi connectivity index (χ2v) is 9.73. The van der Waals surface area contributed by atoms with Crippen molar-refractivity contribution in [2.75, 3.05) is 11.1 Å². The molecule has 0 radical (unpaired) electrons. The summed E-state index contributed by atoms with van der Waals surface area (Å²) in [5.41, 5.74) is 10.5. The van der Waals surface area contributed by atoms with E-state index in [0.717, 1.165) is 21.5 Å². The Hall–Kier alpha value is -5.16. The van der Waals surface area contributed by atoms with Gasteiger partial charge in [-0.05, 0) is 36.1 Å². The molecule has 0 saturated carbocycles. The summed E-state index contributed by atoms with van der Waals surface area (Å²) < 4.78 is 1.69. The van der Waals surface area contributed by atoms with Crippen molar-refractivity contribution in [2.24, 2.45) is 0 Å². The van der Waals surface area contributed by atoms with Gasteiger partial charge < -0.3 is 16.0 Å². The third-order valence-corrected chi connectivity index (χ3v) is 7.18. The molecule has 39 heavy (non-hydrogen) atoms. The Morgan fingerprint density at radius 2 is 1.85 bits per heavy atom. The van der Waals surface area contributed by atoms with Crippen molar-refractivity contribution >= 4 is 33.9 Å². The van der Waals surface area contributed by atoms with Crippen molar-refractivity contribution in [1.82, 2.24) is 29.5 Å². The highest BCUT2D eigenvalue weighted by atomic mass is 32.1. The van der Waals surface area contributed by atoms with Crippen molar-refractivity contribution in [3.8, 4) is 27.3 Å². The van der Waals surface area contributed by atoms with Crippen LogP contribution in [0.4, 0.5) is 11.8 Å². The summed E-state index contributed by atoms with van der Waals surface area (Å²) in [5.74, 6) is 0.676. The Morgan fingerprint density at radius 3 is 2.59 bits per heavy atom. The summed E-state index contributed by atoms with van der Waals surface area (Å²) in [6, 6.07) is 16.7. The molecule has 0 spiro atoms. The molecular formula is C28H22N8O2S. The minimum absolute atomic E-state index is 0.135. The molecule has 6 rings (SSSR count). The third kappa shape index (κ3) is 4.55. The minimum atomic E-state index is -0.453. The van der Waals surface area contributed by atoms with E-state index in [1.54, 1.807) is 28.7 Å². The molecule has 0 aliphatic heterocycles. The van der Waals surface area contributed by atoms with Crippen LogP contribution >= 0.6 is 11.3 Å². The van der Waals surface area contributed by atoms with E-state index in [9.17, 15) is 9.59 Å². The highest BCUT2D eigenvalue weighted by molar-refractivity contribution is 7.13. The van der Waals surface area contributed by atoms with E-state index in [1.165, 1.54) is 17.5 Å². The molecule has 11 heteroatoms. The standard InChI is InChI=1S/C28H22N8O2S/c1-16(34-25-21(13-31-27(29)35-25)23-14-30-15-39-23)22-10-17-6-5-9-20(18-11-32-28(38)33-12-18)24(17)26(37)36(22)19-7-3-2-4-8-19/h2-16H,1H3,(H,32,33,38)(H3,29,31,34,35)/t16-/m0/s1. The molecule has 1 atom stereocenters. The van der Waals surface area contributed by atoms with E-state index in [1.807, 2.05) is 61.5 Å². The van der Waals surface area contributed by atoms with E-state index in [2.05, 4.69) is 30.2 Å². The summed E-state index contributed by atoms with van der Waals surface area (Å²) in [6.07, 6.45) is 6.45. The van der Waals surface area contributed by atoms with E-state index >= 15 is 0 Å². The first-order valence-corrected chi connectivity index (χ1v) is 12.9. The fraction of sp³-hybridized carbons (Fsp3) is 0.0714. The fourth-order valence-electron chi connectivity index (χ4n) is 4.59. The number of pyridine rings is 1. The summed E-state index contributed by atoms with van der Waals surface area (Å²) in [6.45, 7) is 1.96. The number of hydrogen-bond donors (Lipinski definition) is 3. The normalized spacial score (nSPS) is 11.9. The van der Waals surface area contributed by atoms with E-state index < -0.39 is 5.69 Å². The van der Waals surface area contributed by atoms with Gasteiger partial charge in [-0.2, -0.15) is 4.98 Å². The maximum atomic E-state index is 14.3. The molecule has 0 fully saturated rings. The topological polar surface area (TPSA) is 144 Å². The second-order valence-electron chi connectivity index (χ2n) is 8.84. The van der Waals surface area contributed by atoms with Crippen molar-refractivity contribution in [3.63, 3.8) is 0 Å². The number of para-hydroxylation sites is 1. The molecule has 4 aromatic heterocycles. The molecule has 4 N–H and O–H groups in total. The average molecular weight is 535 g/mol. The number of anilines is 2. The van der Waals surface area contributed by atoms with Crippen LogP contribution in [-0.2, 0) is 0 Å². The van der Waals surface area contributed by atoms with Gasteiger partial charge in [0.25, 0.3) is 5.56 Å². The first kappa shape index (κ1) is 24.2. The number of thiazole rings is 1. The summed E-state index contributed by atoms with van der Waals surface area (Å²) in [4.78, 5) is 45.9. The largest absolute Gasteiger partial charge is 0.368 e. The number of fused-ring (bicyclic) bond motifs is 1. The lowest BCUT2D eigenvalue weighted by Gasteiger charge is -2.23. The van der Waals surface area contributed by atoms with Crippen LogP contribution in [0.5, 0.6) is 0 Å². The number of benzene rings is 2. The van der Waals surface area contributed by atoms with Gasteiger partial charge in [-0.25, -0.2) is 14.8 Å². The molecule has 6 aromatic rings. The highest BCUT2D eigenvalue weighted by Gasteiger charge is 2.21. The molecule has 0 aliphatic carbocycles. The number of aromatic amines is 1. The first-order chi connectivity index (χ1) is 19.0. The molecule has 0 saturated heterocycles. The molecule has 10 nitrogen and oxygen atoms in total. The second kappa shape index (κ2) is 9.95. The minimum Gasteiger partial charge on any atom is -0.368 e. The number of nitrogens with one attached hydrogen (secondary N) is 2. The first-order valence-electron chi connectivity index (χ1n) is 12.1. The lowest BCUT2D eigenvalue weighted by atomic mass is 9.99. The number of hydrogen-bond acceptors (Lipinski definition) is 9. The Labute approximate surface area is 225 Å². The summed E-state index contributed by atoms with van der Waals surface area (Å²) in [7, 11) is 0.